The maximum absolute atomic E-state index is 13.4. The van der Waals surface area contributed by atoms with Gasteiger partial charge < -0.3 is 14.3 Å². The summed E-state index contributed by atoms with van der Waals surface area (Å²) in [5.41, 5.74) is 0. The first-order valence-corrected chi connectivity index (χ1v) is 5.42. The topological polar surface area (TPSA) is 59.7 Å². The summed E-state index contributed by atoms with van der Waals surface area (Å²) in [6.07, 6.45) is 0. The smallest absolute Gasteiger partial charge is 0.371 e. The van der Waals surface area contributed by atoms with E-state index in [0.717, 1.165) is 12.1 Å². The molecule has 7 heteroatoms. The van der Waals surface area contributed by atoms with Crippen molar-refractivity contribution in [2.75, 3.05) is 0 Å². The van der Waals surface area contributed by atoms with Crippen LogP contribution in [0.15, 0.2) is 33.2 Å². The Morgan fingerprint density at radius 3 is 2.67 bits per heavy atom. The van der Waals surface area contributed by atoms with Crippen LogP contribution in [0.25, 0.3) is 0 Å². The summed E-state index contributed by atoms with van der Waals surface area (Å²) in [6.45, 7) is 0. The van der Waals surface area contributed by atoms with Crippen LogP contribution in [0.4, 0.5) is 8.78 Å². The molecule has 0 saturated carbocycles. The second-order valence-electron chi connectivity index (χ2n) is 3.23. The number of hydrogen-bond donors (Lipinski definition) is 1. The molecule has 2 aromatic rings. The minimum Gasteiger partial charge on any atom is -0.475 e. The average molecular weight is 319 g/mol. The molecule has 0 atom stereocenters. The number of rotatable bonds is 3. The maximum Gasteiger partial charge on any atom is 0.371 e. The molecule has 0 saturated heterocycles. The van der Waals surface area contributed by atoms with Crippen molar-refractivity contribution in [3.63, 3.8) is 0 Å². The van der Waals surface area contributed by atoms with E-state index in [1.165, 1.54) is 12.1 Å². The van der Waals surface area contributed by atoms with Gasteiger partial charge in [0.1, 0.15) is 0 Å². The predicted molar refractivity (Wildman–Crippen MR) is 59.8 cm³/mol. The standard InChI is InChI=1S/C11H5BrF2O4/c12-5-3-6(13)10(14)8(4-5)18-9-2-1-7(17-9)11(15)16/h1-4H,(H,15,16). The lowest BCUT2D eigenvalue weighted by atomic mass is 10.3. The van der Waals surface area contributed by atoms with Gasteiger partial charge in [0.2, 0.25) is 11.6 Å². The van der Waals surface area contributed by atoms with Crippen LogP contribution in [0, 0.1) is 11.6 Å². The van der Waals surface area contributed by atoms with Crippen LogP contribution in [-0.4, -0.2) is 11.1 Å². The number of carboxylic acid groups (broad SMARTS) is 1. The van der Waals surface area contributed by atoms with Crippen molar-refractivity contribution in [3.05, 3.63) is 46.1 Å². The molecule has 94 valence electrons. The first-order valence-electron chi connectivity index (χ1n) is 4.63. The Morgan fingerprint density at radius 2 is 2.06 bits per heavy atom. The first kappa shape index (κ1) is 12.6. The summed E-state index contributed by atoms with van der Waals surface area (Å²) >= 11 is 2.98. The van der Waals surface area contributed by atoms with E-state index in [1.807, 2.05) is 0 Å². The summed E-state index contributed by atoms with van der Waals surface area (Å²) in [7, 11) is 0. The zero-order chi connectivity index (χ0) is 13.3. The maximum atomic E-state index is 13.4. The van der Waals surface area contributed by atoms with E-state index >= 15 is 0 Å². The lowest BCUT2D eigenvalue weighted by molar-refractivity contribution is 0.0657. The highest BCUT2D eigenvalue weighted by atomic mass is 79.9. The third kappa shape index (κ3) is 2.51. The molecule has 0 unspecified atom stereocenters. The van der Waals surface area contributed by atoms with Gasteiger partial charge in [0.15, 0.2) is 11.6 Å². The molecule has 1 heterocycles. The summed E-state index contributed by atoms with van der Waals surface area (Å²) < 4.78 is 36.4. The number of carboxylic acids is 1. The minimum atomic E-state index is -1.29. The molecule has 1 aromatic heterocycles. The Hall–Kier alpha value is -1.89. The normalized spacial score (nSPS) is 10.4. The molecule has 4 nitrogen and oxygen atoms in total. The van der Waals surface area contributed by atoms with Crippen molar-refractivity contribution in [2.45, 2.75) is 0 Å². The van der Waals surface area contributed by atoms with Gasteiger partial charge in [0.05, 0.1) is 0 Å². The molecule has 2 rings (SSSR count). The lowest BCUT2D eigenvalue weighted by Gasteiger charge is -2.04. The number of carbonyl (C=O) groups is 1. The highest BCUT2D eigenvalue weighted by molar-refractivity contribution is 9.10. The number of aromatic carboxylic acids is 1. The van der Waals surface area contributed by atoms with Crippen molar-refractivity contribution in [3.8, 4) is 11.7 Å². The Balaban J connectivity index is 2.30. The Kier molecular flexibility index (Phi) is 3.33. The average Bonchev–Trinajstić information content (AvgIpc) is 2.74. The summed E-state index contributed by atoms with van der Waals surface area (Å²) in [4.78, 5) is 10.6. The zero-order valence-electron chi connectivity index (χ0n) is 8.62. The molecule has 1 aromatic carbocycles. The third-order valence-corrected chi connectivity index (χ3v) is 2.42. The van der Waals surface area contributed by atoms with E-state index in [2.05, 4.69) is 15.9 Å². The van der Waals surface area contributed by atoms with E-state index in [1.54, 1.807) is 0 Å². The Labute approximate surface area is 108 Å². The van der Waals surface area contributed by atoms with Crippen LogP contribution < -0.4 is 4.74 Å². The van der Waals surface area contributed by atoms with Gasteiger partial charge >= 0.3 is 5.97 Å². The van der Waals surface area contributed by atoms with Gasteiger partial charge in [-0.2, -0.15) is 4.39 Å². The van der Waals surface area contributed by atoms with Crippen LogP contribution in [0.5, 0.6) is 11.7 Å². The van der Waals surface area contributed by atoms with Crippen molar-refractivity contribution in [1.29, 1.82) is 0 Å². The quantitative estimate of drug-likeness (QED) is 0.874. The van der Waals surface area contributed by atoms with Crippen molar-refractivity contribution >= 4 is 21.9 Å². The van der Waals surface area contributed by atoms with Gasteiger partial charge in [-0.1, -0.05) is 15.9 Å². The number of furan rings is 1. The second-order valence-corrected chi connectivity index (χ2v) is 4.14. The van der Waals surface area contributed by atoms with Crippen molar-refractivity contribution in [2.24, 2.45) is 0 Å². The third-order valence-electron chi connectivity index (χ3n) is 1.96. The largest absolute Gasteiger partial charge is 0.475 e. The fourth-order valence-electron chi connectivity index (χ4n) is 1.20. The molecule has 0 amide bonds. The Bertz CT molecular complexity index is 609. The SMILES string of the molecule is O=C(O)c1ccc(Oc2cc(Br)cc(F)c2F)o1. The van der Waals surface area contributed by atoms with Crippen LogP contribution in [0.2, 0.25) is 0 Å². The van der Waals surface area contributed by atoms with E-state index in [0.29, 0.717) is 0 Å². The minimum absolute atomic E-state index is 0.246. The van der Waals surface area contributed by atoms with E-state index < -0.39 is 23.4 Å². The van der Waals surface area contributed by atoms with Gasteiger partial charge in [0, 0.05) is 10.5 Å². The second kappa shape index (κ2) is 4.77. The van der Waals surface area contributed by atoms with Gasteiger partial charge in [-0.3, -0.25) is 0 Å². The first-order chi connectivity index (χ1) is 8.47. The highest BCUT2D eigenvalue weighted by Crippen LogP contribution is 2.30. The number of ether oxygens (including phenoxy) is 1. The monoisotopic (exact) mass is 318 g/mol. The van der Waals surface area contributed by atoms with Gasteiger partial charge in [0.25, 0.3) is 5.95 Å². The predicted octanol–water partition coefficient (Wildman–Crippen LogP) is 3.81. The van der Waals surface area contributed by atoms with Crippen LogP contribution >= 0.6 is 15.9 Å². The van der Waals surface area contributed by atoms with Gasteiger partial charge in [-0.15, -0.1) is 0 Å². The van der Waals surface area contributed by atoms with Crippen LogP contribution in [0.3, 0.4) is 0 Å². The van der Waals surface area contributed by atoms with Crippen molar-refractivity contribution in [1.82, 2.24) is 0 Å². The molecule has 0 bridgehead atoms. The molecule has 0 radical (unpaired) electrons. The molecule has 1 N–H and O–H groups in total. The van der Waals surface area contributed by atoms with Gasteiger partial charge in [-0.05, 0) is 18.2 Å². The van der Waals surface area contributed by atoms with E-state index in [9.17, 15) is 13.6 Å². The molecular weight excluding hydrogens is 314 g/mol. The summed E-state index contributed by atoms with van der Waals surface area (Å²) in [5.74, 6) is -4.58. The number of hydrogen-bond acceptors (Lipinski definition) is 3. The number of benzene rings is 1. The molecule has 0 fully saturated rings. The fourth-order valence-corrected chi connectivity index (χ4v) is 1.61. The summed E-state index contributed by atoms with van der Waals surface area (Å²) in [5, 5.41) is 8.62. The summed E-state index contributed by atoms with van der Waals surface area (Å²) in [6, 6.07) is 4.47. The highest BCUT2D eigenvalue weighted by Gasteiger charge is 2.15. The van der Waals surface area contributed by atoms with E-state index in [-0.39, 0.29) is 16.2 Å². The van der Waals surface area contributed by atoms with E-state index in [4.69, 9.17) is 14.3 Å². The molecule has 0 aliphatic rings. The Morgan fingerprint density at radius 1 is 1.33 bits per heavy atom. The molecule has 0 aliphatic carbocycles. The molecule has 0 aliphatic heterocycles. The zero-order valence-corrected chi connectivity index (χ0v) is 10.2. The molecular formula is C11H5BrF2O4. The van der Waals surface area contributed by atoms with Crippen LogP contribution in [-0.2, 0) is 0 Å². The number of halogens is 3. The van der Waals surface area contributed by atoms with Crippen LogP contribution in [0.1, 0.15) is 10.6 Å². The fraction of sp³-hybridized carbons (Fsp3) is 0. The lowest BCUT2D eigenvalue weighted by Crippen LogP contribution is -1.93. The molecule has 0 spiro atoms. The molecule has 18 heavy (non-hydrogen) atoms. The van der Waals surface area contributed by atoms with Gasteiger partial charge in [-0.25, -0.2) is 9.18 Å². The van der Waals surface area contributed by atoms with Crippen molar-refractivity contribution < 1.29 is 27.8 Å².